The SMILES string of the molecule is CCCCCNCCNCCCCCCCCNCCCCNCNCCC=O. The molecule has 29 heavy (non-hydrogen) atoms. The van der Waals surface area contributed by atoms with E-state index < -0.39 is 0 Å². The Morgan fingerprint density at radius 2 is 0.897 bits per heavy atom. The van der Waals surface area contributed by atoms with Crippen LogP contribution in [0.4, 0.5) is 0 Å². The predicted molar refractivity (Wildman–Crippen MR) is 127 cm³/mol. The number of unbranched alkanes of at least 4 members (excludes halogenated alkanes) is 8. The third-order valence-electron chi connectivity index (χ3n) is 5.04. The summed E-state index contributed by atoms with van der Waals surface area (Å²) in [5, 5.41) is 17.1. The van der Waals surface area contributed by atoms with Gasteiger partial charge in [-0.05, 0) is 64.8 Å². The Bertz CT molecular complexity index is 305. The first-order valence-electron chi connectivity index (χ1n) is 12.4. The fourth-order valence-corrected chi connectivity index (χ4v) is 3.19. The van der Waals surface area contributed by atoms with Crippen LogP contribution >= 0.6 is 0 Å². The van der Waals surface area contributed by atoms with Crippen molar-refractivity contribution < 1.29 is 4.79 Å². The minimum atomic E-state index is 0.597. The lowest BCUT2D eigenvalue weighted by atomic mass is 10.1. The molecule has 0 saturated heterocycles. The maximum Gasteiger partial charge on any atom is 0.121 e. The van der Waals surface area contributed by atoms with Gasteiger partial charge < -0.3 is 31.4 Å². The van der Waals surface area contributed by atoms with Crippen molar-refractivity contribution in [3.8, 4) is 0 Å². The van der Waals surface area contributed by atoms with E-state index in [1.54, 1.807) is 0 Å². The van der Waals surface area contributed by atoms with Crippen molar-refractivity contribution >= 4 is 6.29 Å². The summed E-state index contributed by atoms with van der Waals surface area (Å²) in [7, 11) is 0. The minimum absolute atomic E-state index is 0.597. The topological polar surface area (TPSA) is 77.2 Å². The van der Waals surface area contributed by atoms with Crippen LogP contribution in [0.5, 0.6) is 0 Å². The Kier molecular flexibility index (Phi) is 27.0. The van der Waals surface area contributed by atoms with Crippen molar-refractivity contribution in [1.82, 2.24) is 26.6 Å². The average Bonchev–Trinajstić information content (AvgIpc) is 2.74. The third-order valence-corrected chi connectivity index (χ3v) is 5.04. The van der Waals surface area contributed by atoms with E-state index in [1.165, 1.54) is 83.7 Å². The van der Waals surface area contributed by atoms with Crippen molar-refractivity contribution in [2.45, 2.75) is 84.0 Å². The zero-order valence-electron chi connectivity index (χ0n) is 19.3. The maximum absolute atomic E-state index is 10.2. The zero-order valence-corrected chi connectivity index (χ0v) is 19.3. The van der Waals surface area contributed by atoms with Crippen LogP contribution in [0.15, 0.2) is 0 Å². The number of hydrogen-bond donors (Lipinski definition) is 5. The molecule has 0 aliphatic heterocycles. The molecule has 0 radical (unpaired) electrons. The molecule has 0 aromatic carbocycles. The Morgan fingerprint density at radius 3 is 1.45 bits per heavy atom. The molecule has 5 N–H and O–H groups in total. The van der Waals surface area contributed by atoms with Gasteiger partial charge in [-0.25, -0.2) is 0 Å². The highest BCUT2D eigenvalue weighted by molar-refractivity contribution is 5.49. The summed E-state index contributed by atoms with van der Waals surface area (Å²) in [6.07, 6.45) is 16.0. The molecule has 0 unspecified atom stereocenters. The van der Waals surface area contributed by atoms with Crippen molar-refractivity contribution in [3.63, 3.8) is 0 Å². The number of nitrogens with one attached hydrogen (secondary N) is 5. The highest BCUT2D eigenvalue weighted by Gasteiger charge is 1.94. The summed E-state index contributed by atoms with van der Waals surface area (Å²) < 4.78 is 0. The molecule has 0 rings (SSSR count). The van der Waals surface area contributed by atoms with Gasteiger partial charge in [0.15, 0.2) is 0 Å². The molecule has 0 spiro atoms. The molecule has 0 amide bonds. The highest BCUT2D eigenvalue weighted by atomic mass is 16.1. The molecular formula is C23H51N5O. The van der Waals surface area contributed by atoms with Crippen LogP contribution in [0.1, 0.15) is 84.0 Å². The predicted octanol–water partition coefficient (Wildman–Crippen LogP) is 2.79. The van der Waals surface area contributed by atoms with Crippen LogP contribution in [-0.4, -0.2) is 65.3 Å². The van der Waals surface area contributed by atoms with Crippen molar-refractivity contribution in [1.29, 1.82) is 0 Å². The number of rotatable bonds is 26. The zero-order chi connectivity index (χ0) is 21.1. The fraction of sp³-hybridized carbons (Fsp3) is 0.957. The Balaban J connectivity index is 2.97. The highest BCUT2D eigenvalue weighted by Crippen LogP contribution is 2.04. The molecule has 0 bridgehead atoms. The standard InChI is InChI=1S/C23H51N5O/c1-2-3-8-14-25-20-21-26-16-10-7-5-4-6-9-15-24-17-11-12-18-27-23-28-19-13-22-29/h22,24-28H,2-21,23H2,1H3. The lowest BCUT2D eigenvalue weighted by molar-refractivity contribution is -0.107. The first-order valence-corrected chi connectivity index (χ1v) is 12.4. The van der Waals surface area contributed by atoms with Crippen LogP contribution in [0.25, 0.3) is 0 Å². The molecule has 0 aromatic rings. The molecular weight excluding hydrogens is 362 g/mol. The van der Waals surface area contributed by atoms with Crippen LogP contribution in [0.2, 0.25) is 0 Å². The van der Waals surface area contributed by atoms with Crippen molar-refractivity contribution in [3.05, 3.63) is 0 Å². The van der Waals surface area contributed by atoms with Crippen molar-refractivity contribution in [2.75, 3.05) is 59.0 Å². The van der Waals surface area contributed by atoms with Crippen LogP contribution in [-0.2, 0) is 4.79 Å². The molecule has 0 heterocycles. The molecule has 174 valence electrons. The second-order valence-corrected chi connectivity index (χ2v) is 7.92. The van der Waals surface area contributed by atoms with E-state index in [4.69, 9.17) is 0 Å². The Morgan fingerprint density at radius 1 is 0.483 bits per heavy atom. The van der Waals surface area contributed by atoms with E-state index >= 15 is 0 Å². The van der Waals surface area contributed by atoms with Gasteiger partial charge in [0.05, 0.1) is 0 Å². The summed E-state index contributed by atoms with van der Waals surface area (Å²) >= 11 is 0. The molecule has 0 fully saturated rings. The van der Waals surface area contributed by atoms with Gasteiger partial charge in [0, 0.05) is 32.7 Å². The summed E-state index contributed by atoms with van der Waals surface area (Å²) in [6.45, 7) is 11.7. The quantitative estimate of drug-likeness (QED) is 0.0853. The largest absolute Gasteiger partial charge is 0.317 e. The van der Waals surface area contributed by atoms with Gasteiger partial charge in [-0.1, -0.05) is 45.4 Å². The Hall–Kier alpha value is -0.530. The first kappa shape index (κ1) is 28.5. The summed E-state index contributed by atoms with van der Waals surface area (Å²) in [6, 6.07) is 0. The Labute approximate surface area is 181 Å². The maximum atomic E-state index is 10.2. The summed E-state index contributed by atoms with van der Waals surface area (Å²) in [5.41, 5.74) is 0. The summed E-state index contributed by atoms with van der Waals surface area (Å²) in [4.78, 5) is 10.2. The number of aldehydes is 1. The fourth-order valence-electron chi connectivity index (χ4n) is 3.19. The monoisotopic (exact) mass is 413 g/mol. The molecule has 0 atom stereocenters. The van der Waals surface area contributed by atoms with Gasteiger partial charge in [-0.2, -0.15) is 0 Å². The molecule has 0 saturated carbocycles. The first-order chi connectivity index (χ1) is 14.4. The van der Waals surface area contributed by atoms with Crippen LogP contribution in [0.3, 0.4) is 0 Å². The van der Waals surface area contributed by atoms with Gasteiger partial charge in [-0.15, -0.1) is 0 Å². The third kappa shape index (κ3) is 27.5. The average molecular weight is 414 g/mol. The molecule has 6 nitrogen and oxygen atoms in total. The second kappa shape index (κ2) is 27.5. The number of carbonyl (C=O) groups is 1. The van der Waals surface area contributed by atoms with Crippen LogP contribution < -0.4 is 26.6 Å². The number of carbonyl (C=O) groups excluding carboxylic acids is 1. The van der Waals surface area contributed by atoms with Crippen LogP contribution in [0, 0.1) is 0 Å². The van der Waals surface area contributed by atoms with E-state index in [9.17, 15) is 4.79 Å². The van der Waals surface area contributed by atoms with Gasteiger partial charge in [0.2, 0.25) is 0 Å². The van der Waals surface area contributed by atoms with Gasteiger partial charge in [0.1, 0.15) is 6.29 Å². The minimum Gasteiger partial charge on any atom is -0.317 e. The van der Waals surface area contributed by atoms with Crippen molar-refractivity contribution in [2.24, 2.45) is 0 Å². The lowest BCUT2D eigenvalue weighted by Crippen LogP contribution is -2.30. The second-order valence-electron chi connectivity index (χ2n) is 7.92. The van der Waals surface area contributed by atoms with Gasteiger partial charge in [-0.3, -0.25) is 0 Å². The van der Waals surface area contributed by atoms with E-state index in [0.29, 0.717) is 6.42 Å². The van der Waals surface area contributed by atoms with E-state index in [1.807, 2.05) is 0 Å². The molecule has 0 aliphatic carbocycles. The van der Waals surface area contributed by atoms with E-state index in [-0.39, 0.29) is 0 Å². The number of hydrogen-bond acceptors (Lipinski definition) is 6. The normalized spacial score (nSPS) is 11.2. The van der Waals surface area contributed by atoms with Gasteiger partial charge in [0.25, 0.3) is 0 Å². The van der Waals surface area contributed by atoms with Gasteiger partial charge >= 0.3 is 0 Å². The van der Waals surface area contributed by atoms with E-state index in [0.717, 1.165) is 52.2 Å². The molecule has 6 heteroatoms. The molecule has 0 aromatic heterocycles. The smallest absolute Gasteiger partial charge is 0.121 e. The lowest BCUT2D eigenvalue weighted by Gasteiger charge is -2.07. The van der Waals surface area contributed by atoms with E-state index in [2.05, 4.69) is 33.5 Å². The molecule has 0 aliphatic rings. The summed E-state index contributed by atoms with van der Waals surface area (Å²) in [5.74, 6) is 0.